The number of aryl methyl sites for hydroxylation is 1. The zero-order valence-corrected chi connectivity index (χ0v) is 23.6. The highest BCUT2D eigenvalue weighted by Crippen LogP contribution is 2.37. The van der Waals surface area contributed by atoms with Crippen molar-refractivity contribution >= 4 is 96.0 Å². The van der Waals surface area contributed by atoms with E-state index in [0.29, 0.717) is 26.9 Å². The quantitative estimate of drug-likeness (QED) is 0.179. The van der Waals surface area contributed by atoms with E-state index in [1.54, 1.807) is 30.3 Å². The number of nitrogens with zero attached hydrogens (tertiary/aromatic N) is 1. The third-order valence-electron chi connectivity index (χ3n) is 5.11. The number of thiocarbonyl (C=S) groups is 1. The number of hydrogen-bond acceptors (Lipinski definition) is 4. The number of amides is 2. The van der Waals surface area contributed by atoms with Crippen LogP contribution in [0.2, 0.25) is 10.0 Å². The van der Waals surface area contributed by atoms with E-state index in [1.165, 1.54) is 11.6 Å². The van der Waals surface area contributed by atoms with Gasteiger partial charge < -0.3 is 4.74 Å². The molecule has 0 unspecified atom stereocenters. The van der Waals surface area contributed by atoms with Crippen molar-refractivity contribution in [3.8, 4) is 5.75 Å². The first kappa shape index (κ1) is 25.9. The fourth-order valence-electron chi connectivity index (χ4n) is 3.35. The molecule has 4 rings (SSSR count). The Hall–Kier alpha value is -2.23. The molecular formula is C25H16Br2Cl2N2O3S. The fourth-order valence-corrected chi connectivity index (χ4v) is 5.45. The second-order valence-corrected chi connectivity index (χ2v) is 10.5. The van der Waals surface area contributed by atoms with Crippen LogP contribution in [-0.4, -0.2) is 16.9 Å². The molecule has 1 aliphatic heterocycles. The number of hydrogen-bond donors (Lipinski definition) is 1. The SMILES string of the molecule is Cc1ccc(COc2c(Br)cc(/C=C3\C(=O)NC(=S)N(c4cccc(Cl)c4Cl)C3=O)cc2Br)cc1. The smallest absolute Gasteiger partial charge is 0.270 e. The van der Waals surface area contributed by atoms with Crippen LogP contribution >= 0.6 is 67.3 Å². The van der Waals surface area contributed by atoms with Crippen molar-refractivity contribution in [2.75, 3.05) is 4.90 Å². The number of halogens is 4. The lowest BCUT2D eigenvalue weighted by Gasteiger charge is -2.29. The van der Waals surface area contributed by atoms with Crippen molar-refractivity contribution < 1.29 is 14.3 Å². The second-order valence-electron chi connectivity index (χ2n) is 7.62. The zero-order valence-electron chi connectivity index (χ0n) is 18.1. The van der Waals surface area contributed by atoms with E-state index in [9.17, 15) is 9.59 Å². The van der Waals surface area contributed by atoms with E-state index in [0.717, 1.165) is 10.5 Å². The Labute approximate surface area is 234 Å². The van der Waals surface area contributed by atoms with Gasteiger partial charge in [-0.1, -0.05) is 59.1 Å². The van der Waals surface area contributed by atoms with Crippen LogP contribution in [0.15, 0.2) is 69.1 Å². The number of ether oxygens (including phenoxy) is 1. The summed E-state index contributed by atoms with van der Waals surface area (Å²) in [6.45, 7) is 2.41. The van der Waals surface area contributed by atoms with Gasteiger partial charge in [-0.25, -0.2) is 0 Å². The van der Waals surface area contributed by atoms with E-state index < -0.39 is 11.8 Å². The van der Waals surface area contributed by atoms with Crippen molar-refractivity contribution in [3.63, 3.8) is 0 Å². The van der Waals surface area contributed by atoms with Gasteiger partial charge in [0.05, 0.1) is 24.7 Å². The monoisotopic (exact) mass is 652 g/mol. The van der Waals surface area contributed by atoms with E-state index in [2.05, 4.69) is 37.2 Å². The predicted molar refractivity (Wildman–Crippen MR) is 150 cm³/mol. The molecular weight excluding hydrogens is 639 g/mol. The minimum absolute atomic E-state index is 0.0801. The maximum atomic E-state index is 13.3. The summed E-state index contributed by atoms with van der Waals surface area (Å²) in [6.07, 6.45) is 1.48. The highest BCUT2D eigenvalue weighted by molar-refractivity contribution is 9.11. The van der Waals surface area contributed by atoms with Crippen molar-refractivity contribution in [3.05, 3.63) is 95.9 Å². The lowest BCUT2D eigenvalue weighted by Crippen LogP contribution is -2.54. The van der Waals surface area contributed by atoms with Gasteiger partial charge in [0, 0.05) is 0 Å². The molecule has 2 amide bonds. The molecule has 1 aliphatic rings. The Morgan fingerprint density at radius 1 is 1.06 bits per heavy atom. The fraction of sp³-hybridized carbons (Fsp3) is 0.0800. The maximum absolute atomic E-state index is 13.3. The van der Waals surface area contributed by atoms with Gasteiger partial charge in [0.25, 0.3) is 11.8 Å². The van der Waals surface area contributed by atoms with Gasteiger partial charge in [-0.15, -0.1) is 0 Å². The molecule has 1 fully saturated rings. The molecule has 178 valence electrons. The largest absolute Gasteiger partial charge is 0.487 e. The molecule has 0 spiro atoms. The molecule has 1 saturated heterocycles. The van der Waals surface area contributed by atoms with Crippen LogP contribution in [0.25, 0.3) is 6.08 Å². The van der Waals surface area contributed by atoms with Crippen molar-refractivity contribution in [2.24, 2.45) is 0 Å². The van der Waals surface area contributed by atoms with Crippen molar-refractivity contribution in [1.29, 1.82) is 0 Å². The summed E-state index contributed by atoms with van der Waals surface area (Å²) < 4.78 is 7.29. The molecule has 5 nitrogen and oxygen atoms in total. The molecule has 0 saturated carbocycles. The van der Waals surface area contributed by atoms with Crippen LogP contribution in [-0.2, 0) is 16.2 Å². The summed E-state index contributed by atoms with van der Waals surface area (Å²) in [4.78, 5) is 27.1. The third kappa shape index (κ3) is 5.62. The van der Waals surface area contributed by atoms with Crippen LogP contribution in [0.3, 0.4) is 0 Å². The third-order valence-corrected chi connectivity index (χ3v) is 7.38. The first-order chi connectivity index (χ1) is 16.7. The number of carbonyl (C=O) groups is 2. The summed E-state index contributed by atoms with van der Waals surface area (Å²) in [5.41, 5.74) is 2.96. The van der Waals surface area contributed by atoms with Gasteiger partial charge in [-0.05, 0) is 92.5 Å². The molecule has 0 bridgehead atoms. The highest BCUT2D eigenvalue weighted by Gasteiger charge is 2.35. The van der Waals surface area contributed by atoms with Gasteiger partial charge >= 0.3 is 0 Å². The zero-order chi connectivity index (χ0) is 25.3. The summed E-state index contributed by atoms with van der Waals surface area (Å²) in [5.74, 6) is -0.628. The molecule has 0 aromatic heterocycles. The number of anilines is 1. The summed E-state index contributed by atoms with van der Waals surface area (Å²) in [5, 5.41) is 2.87. The second kappa shape index (κ2) is 10.8. The molecule has 10 heteroatoms. The van der Waals surface area contributed by atoms with Crippen LogP contribution in [0.1, 0.15) is 16.7 Å². The number of nitrogens with one attached hydrogen (secondary N) is 1. The molecule has 3 aromatic carbocycles. The maximum Gasteiger partial charge on any atom is 0.270 e. The summed E-state index contributed by atoms with van der Waals surface area (Å²) >= 11 is 24.7. The Morgan fingerprint density at radius 3 is 2.37 bits per heavy atom. The summed E-state index contributed by atoms with van der Waals surface area (Å²) in [6, 6.07) is 16.4. The molecule has 1 N–H and O–H groups in total. The standard InChI is InChI=1S/C25H16Br2Cl2N2O3S/c1-13-5-7-14(8-6-13)12-34-22-17(26)10-15(11-18(22)27)9-16-23(32)30-25(35)31(24(16)33)20-4-2-3-19(28)21(20)29/h2-11H,12H2,1H3,(H,30,32,35)/b16-9+. The van der Waals surface area contributed by atoms with Crippen molar-refractivity contribution in [1.82, 2.24) is 5.32 Å². The van der Waals surface area contributed by atoms with Crippen LogP contribution in [0.5, 0.6) is 5.75 Å². The van der Waals surface area contributed by atoms with E-state index in [1.807, 2.05) is 31.2 Å². The van der Waals surface area contributed by atoms with E-state index in [4.69, 9.17) is 40.2 Å². The van der Waals surface area contributed by atoms with Crippen LogP contribution < -0.4 is 15.0 Å². The molecule has 0 aliphatic carbocycles. The normalized spacial score (nSPS) is 14.9. The Balaban J connectivity index is 1.63. The number of rotatable bonds is 5. The molecule has 0 radical (unpaired) electrons. The predicted octanol–water partition coefficient (Wildman–Crippen LogP) is 7.24. The Kier molecular flexibility index (Phi) is 7.98. The highest BCUT2D eigenvalue weighted by atomic mass is 79.9. The molecule has 35 heavy (non-hydrogen) atoms. The van der Waals surface area contributed by atoms with Crippen LogP contribution in [0.4, 0.5) is 5.69 Å². The Morgan fingerprint density at radius 2 is 1.71 bits per heavy atom. The first-order valence-corrected chi connectivity index (χ1v) is 12.9. The number of carbonyl (C=O) groups excluding carboxylic acids is 2. The van der Waals surface area contributed by atoms with Crippen molar-refractivity contribution in [2.45, 2.75) is 13.5 Å². The van der Waals surface area contributed by atoms with E-state index in [-0.39, 0.29) is 26.4 Å². The minimum atomic E-state index is -0.616. The molecule has 3 aromatic rings. The lowest BCUT2D eigenvalue weighted by molar-refractivity contribution is -0.122. The van der Waals surface area contributed by atoms with E-state index >= 15 is 0 Å². The van der Waals surface area contributed by atoms with Gasteiger partial charge in [-0.2, -0.15) is 0 Å². The first-order valence-electron chi connectivity index (χ1n) is 10.2. The van der Waals surface area contributed by atoms with Gasteiger partial charge in [0.2, 0.25) is 0 Å². The average Bonchev–Trinajstić information content (AvgIpc) is 2.80. The van der Waals surface area contributed by atoms with Gasteiger partial charge in [0.15, 0.2) is 5.11 Å². The topological polar surface area (TPSA) is 58.6 Å². The molecule has 0 atom stereocenters. The number of benzene rings is 3. The van der Waals surface area contributed by atoms with Gasteiger partial charge in [0.1, 0.15) is 17.9 Å². The average molecular weight is 655 g/mol. The summed E-state index contributed by atoms with van der Waals surface area (Å²) in [7, 11) is 0. The van der Waals surface area contributed by atoms with Gasteiger partial charge in [-0.3, -0.25) is 19.8 Å². The van der Waals surface area contributed by atoms with Crippen LogP contribution in [0, 0.1) is 6.92 Å². The lowest BCUT2D eigenvalue weighted by atomic mass is 10.1. The molecule has 1 heterocycles. The Bertz CT molecular complexity index is 1370. The minimum Gasteiger partial charge on any atom is -0.487 e.